The predicted octanol–water partition coefficient (Wildman–Crippen LogP) is 2.60. The number of carbonyl (C=O) groups is 1. The van der Waals surface area contributed by atoms with Gasteiger partial charge in [0, 0.05) is 25.9 Å². The fraction of sp³-hybridized carbons (Fsp3) is 0.471. The van der Waals surface area contributed by atoms with Gasteiger partial charge >= 0.3 is 6.03 Å². The number of benzene rings is 1. The highest BCUT2D eigenvalue weighted by Gasteiger charge is 2.36. The lowest BCUT2D eigenvalue weighted by atomic mass is 9.67. The highest BCUT2D eigenvalue weighted by Crippen LogP contribution is 2.43. The van der Waals surface area contributed by atoms with Crippen LogP contribution < -0.4 is 10.6 Å². The highest BCUT2D eigenvalue weighted by atomic mass is 16.5. The summed E-state index contributed by atoms with van der Waals surface area (Å²) in [5.74, 6) is 0. The number of methoxy groups -OCH3 is 1. The molecule has 2 amide bonds. The van der Waals surface area contributed by atoms with Crippen molar-refractivity contribution in [3.63, 3.8) is 0 Å². The molecular weight excluding hydrogens is 306 g/mol. The Kier molecular flexibility index (Phi) is 5.10. The minimum atomic E-state index is -0.186. The summed E-state index contributed by atoms with van der Waals surface area (Å²) in [5, 5.41) is 13.6. The quantitative estimate of drug-likeness (QED) is 0.818. The van der Waals surface area contributed by atoms with Crippen LogP contribution in [0.3, 0.4) is 0 Å². The Labute approximate surface area is 141 Å². The number of aromatic nitrogens is 3. The van der Waals surface area contributed by atoms with Crippen LogP contribution in [0.2, 0.25) is 0 Å². The Balaban J connectivity index is 1.54. The molecule has 0 aliphatic heterocycles. The molecule has 1 aromatic carbocycles. The number of hydrogen-bond acceptors (Lipinski definition) is 4. The standard InChI is InChI=1S/C17H23N5O2/c1-24-11-8-17(6-3-7-17)13-18-16(23)20-14-4-2-5-15(12-14)22-10-9-19-21-22/h2,4-5,9-10,12H,3,6-8,11,13H2,1H3,(H2,18,20,23). The maximum Gasteiger partial charge on any atom is 0.319 e. The van der Waals surface area contributed by atoms with Crippen molar-refractivity contribution >= 4 is 11.7 Å². The van der Waals surface area contributed by atoms with Gasteiger partial charge in [0.15, 0.2) is 0 Å². The third kappa shape index (κ3) is 3.91. The molecule has 1 aliphatic rings. The molecule has 3 rings (SSSR count). The summed E-state index contributed by atoms with van der Waals surface area (Å²) >= 11 is 0. The zero-order valence-electron chi connectivity index (χ0n) is 13.9. The molecular formula is C17H23N5O2. The van der Waals surface area contributed by atoms with Crippen molar-refractivity contribution in [1.29, 1.82) is 0 Å². The molecule has 0 saturated heterocycles. The Morgan fingerprint density at radius 2 is 2.29 bits per heavy atom. The van der Waals surface area contributed by atoms with E-state index in [1.54, 1.807) is 24.2 Å². The second-order valence-corrected chi connectivity index (χ2v) is 6.30. The van der Waals surface area contributed by atoms with Crippen LogP contribution in [0.1, 0.15) is 25.7 Å². The van der Waals surface area contributed by atoms with Gasteiger partial charge in [-0.1, -0.05) is 17.7 Å². The summed E-state index contributed by atoms with van der Waals surface area (Å²) in [5.41, 5.74) is 1.77. The van der Waals surface area contributed by atoms with Crippen LogP contribution in [0.15, 0.2) is 36.7 Å². The number of hydrogen-bond donors (Lipinski definition) is 2. The molecule has 24 heavy (non-hydrogen) atoms. The van der Waals surface area contributed by atoms with E-state index in [0.717, 1.165) is 37.2 Å². The molecule has 0 spiro atoms. The first kappa shape index (κ1) is 16.4. The third-order valence-corrected chi connectivity index (χ3v) is 4.67. The van der Waals surface area contributed by atoms with Gasteiger partial charge in [-0.25, -0.2) is 9.48 Å². The Hall–Kier alpha value is -2.41. The molecule has 0 radical (unpaired) electrons. The predicted molar refractivity (Wildman–Crippen MR) is 91.2 cm³/mol. The molecule has 7 nitrogen and oxygen atoms in total. The highest BCUT2D eigenvalue weighted by molar-refractivity contribution is 5.89. The lowest BCUT2D eigenvalue weighted by Gasteiger charge is -2.42. The van der Waals surface area contributed by atoms with E-state index < -0.39 is 0 Å². The number of rotatable bonds is 7. The second-order valence-electron chi connectivity index (χ2n) is 6.30. The first-order valence-electron chi connectivity index (χ1n) is 8.21. The fourth-order valence-corrected chi connectivity index (χ4v) is 3.03. The summed E-state index contributed by atoms with van der Waals surface area (Å²) in [6.07, 6.45) is 7.90. The Morgan fingerprint density at radius 3 is 2.96 bits per heavy atom. The number of nitrogens with zero attached hydrogens (tertiary/aromatic N) is 3. The molecule has 1 fully saturated rings. The van der Waals surface area contributed by atoms with Crippen molar-refractivity contribution in [3.05, 3.63) is 36.7 Å². The van der Waals surface area contributed by atoms with Gasteiger partial charge in [0.1, 0.15) is 0 Å². The minimum Gasteiger partial charge on any atom is -0.385 e. The summed E-state index contributed by atoms with van der Waals surface area (Å²) in [4.78, 5) is 12.2. The minimum absolute atomic E-state index is 0.186. The van der Waals surface area contributed by atoms with Crippen LogP contribution >= 0.6 is 0 Å². The van der Waals surface area contributed by atoms with E-state index in [-0.39, 0.29) is 11.4 Å². The normalized spacial score (nSPS) is 15.5. The number of carbonyl (C=O) groups excluding carboxylic acids is 1. The average molecular weight is 329 g/mol. The van der Waals surface area contributed by atoms with Crippen LogP contribution in [0.4, 0.5) is 10.5 Å². The Morgan fingerprint density at radius 1 is 1.42 bits per heavy atom. The fourth-order valence-electron chi connectivity index (χ4n) is 3.03. The van der Waals surface area contributed by atoms with E-state index in [1.165, 1.54) is 6.42 Å². The first-order valence-corrected chi connectivity index (χ1v) is 8.21. The molecule has 2 N–H and O–H groups in total. The number of ether oxygens (including phenoxy) is 1. The molecule has 7 heteroatoms. The number of amides is 2. The van der Waals surface area contributed by atoms with E-state index in [9.17, 15) is 4.79 Å². The van der Waals surface area contributed by atoms with Gasteiger partial charge in [-0.3, -0.25) is 0 Å². The van der Waals surface area contributed by atoms with Crippen molar-refractivity contribution in [2.45, 2.75) is 25.7 Å². The van der Waals surface area contributed by atoms with E-state index in [1.807, 2.05) is 24.3 Å². The molecule has 1 heterocycles. The van der Waals surface area contributed by atoms with E-state index in [4.69, 9.17) is 4.74 Å². The maximum atomic E-state index is 12.2. The summed E-state index contributed by atoms with van der Waals surface area (Å²) in [6, 6.07) is 7.31. The molecule has 128 valence electrons. The molecule has 2 aromatic rings. The lowest BCUT2D eigenvalue weighted by Crippen LogP contribution is -2.44. The molecule has 0 atom stereocenters. The summed E-state index contributed by atoms with van der Waals surface area (Å²) < 4.78 is 6.83. The first-order chi connectivity index (χ1) is 11.7. The van der Waals surface area contributed by atoms with Crippen LogP contribution in [-0.4, -0.2) is 41.3 Å². The van der Waals surface area contributed by atoms with Crippen molar-refractivity contribution in [3.8, 4) is 5.69 Å². The van der Waals surface area contributed by atoms with Crippen molar-refractivity contribution in [2.24, 2.45) is 5.41 Å². The van der Waals surface area contributed by atoms with Crippen molar-refractivity contribution in [1.82, 2.24) is 20.3 Å². The average Bonchev–Trinajstić information content (AvgIpc) is 3.08. The molecule has 0 unspecified atom stereocenters. The van der Waals surface area contributed by atoms with Crippen LogP contribution in [0.25, 0.3) is 5.69 Å². The van der Waals surface area contributed by atoms with E-state index >= 15 is 0 Å². The van der Waals surface area contributed by atoms with Gasteiger partial charge in [0.2, 0.25) is 0 Å². The van der Waals surface area contributed by atoms with Crippen molar-refractivity contribution in [2.75, 3.05) is 25.6 Å². The molecule has 1 saturated carbocycles. The van der Waals surface area contributed by atoms with E-state index in [0.29, 0.717) is 6.54 Å². The van der Waals surface area contributed by atoms with Gasteiger partial charge in [-0.2, -0.15) is 0 Å². The molecule has 1 aliphatic carbocycles. The summed E-state index contributed by atoms with van der Waals surface area (Å²) in [7, 11) is 1.72. The Bertz CT molecular complexity index is 667. The zero-order valence-corrected chi connectivity index (χ0v) is 13.9. The number of urea groups is 1. The SMILES string of the molecule is COCCC1(CNC(=O)Nc2cccc(-n3ccnn3)c2)CCC1. The van der Waals surface area contributed by atoms with Gasteiger partial charge in [0.25, 0.3) is 0 Å². The van der Waals surface area contributed by atoms with Gasteiger partial charge in [0.05, 0.1) is 18.1 Å². The maximum absolute atomic E-state index is 12.2. The molecule has 1 aromatic heterocycles. The van der Waals surface area contributed by atoms with Gasteiger partial charge in [-0.05, 0) is 42.9 Å². The smallest absolute Gasteiger partial charge is 0.319 e. The van der Waals surface area contributed by atoms with E-state index in [2.05, 4.69) is 20.9 Å². The topological polar surface area (TPSA) is 81.1 Å². The summed E-state index contributed by atoms with van der Waals surface area (Å²) in [6.45, 7) is 1.42. The number of nitrogens with one attached hydrogen (secondary N) is 2. The van der Waals surface area contributed by atoms with Crippen LogP contribution in [0, 0.1) is 5.41 Å². The third-order valence-electron chi connectivity index (χ3n) is 4.67. The van der Waals surface area contributed by atoms with Crippen LogP contribution in [-0.2, 0) is 4.74 Å². The van der Waals surface area contributed by atoms with Crippen LogP contribution in [0.5, 0.6) is 0 Å². The zero-order chi connectivity index (χ0) is 16.8. The van der Waals surface area contributed by atoms with Crippen molar-refractivity contribution < 1.29 is 9.53 Å². The molecule has 0 bridgehead atoms. The largest absolute Gasteiger partial charge is 0.385 e. The van der Waals surface area contributed by atoms with Gasteiger partial charge < -0.3 is 15.4 Å². The second kappa shape index (κ2) is 7.44. The number of anilines is 1. The monoisotopic (exact) mass is 329 g/mol. The van der Waals surface area contributed by atoms with Gasteiger partial charge in [-0.15, -0.1) is 5.10 Å². The lowest BCUT2D eigenvalue weighted by molar-refractivity contribution is 0.0717.